The van der Waals surface area contributed by atoms with E-state index in [9.17, 15) is 10.2 Å². The molecule has 1 aliphatic heterocycles. The van der Waals surface area contributed by atoms with Gasteiger partial charge >= 0.3 is 0 Å². The van der Waals surface area contributed by atoms with Gasteiger partial charge in [-0.2, -0.15) is 0 Å². The SMILES string of the molecule is NCc1ccc(OCCN2CC(O)C(O)C2)cc1. The largest absolute Gasteiger partial charge is 0.492 e. The number of rotatable bonds is 5. The minimum absolute atomic E-state index is 0.511. The summed E-state index contributed by atoms with van der Waals surface area (Å²) in [7, 11) is 0. The van der Waals surface area contributed by atoms with Gasteiger partial charge in [0.25, 0.3) is 0 Å². The van der Waals surface area contributed by atoms with Gasteiger partial charge in [0.2, 0.25) is 0 Å². The summed E-state index contributed by atoms with van der Waals surface area (Å²) in [6.07, 6.45) is -1.26. The lowest BCUT2D eigenvalue weighted by atomic mass is 10.2. The summed E-state index contributed by atoms with van der Waals surface area (Å²) in [5, 5.41) is 18.8. The molecular weight excluding hydrogens is 232 g/mol. The highest BCUT2D eigenvalue weighted by molar-refractivity contribution is 5.27. The molecule has 0 radical (unpaired) electrons. The fourth-order valence-corrected chi connectivity index (χ4v) is 2.04. The number of likely N-dealkylation sites (tertiary alicyclic amines) is 1. The molecule has 1 aromatic rings. The minimum atomic E-state index is -0.631. The van der Waals surface area contributed by atoms with Crippen LogP contribution < -0.4 is 10.5 Å². The summed E-state index contributed by atoms with van der Waals surface area (Å²) in [5.74, 6) is 0.812. The van der Waals surface area contributed by atoms with Gasteiger partial charge in [-0.3, -0.25) is 4.90 Å². The van der Waals surface area contributed by atoms with Crippen LogP contribution in [-0.4, -0.2) is 53.6 Å². The van der Waals surface area contributed by atoms with Gasteiger partial charge in [-0.15, -0.1) is 0 Å². The van der Waals surface area contributed by atoms with Crippen molar-refractivity contribution in [1.82, 2.24) is 4.90 Å². The zero-order valence-electron chi connectivity index (χ0n) is 10.3. The van der Waals surface area contributed by atoms with Crippen LogP contribution in [0.5, 0.6) is 5.75 Å². The van der Waals surface area contributed by atoms with Crippen molar-refractivity contribution in [3.05, 3.63) is 29.8 Å². The molecule has 4 N–H and O–H groups in total. The lowest BCUT2D eigenvalue weighted by Gasteiger charge is -2.15. The highest BCUT2D eigenvalue weighted by Crippen LogP contribution is 2.13. The zero-order valence-corrected chi connectivity index (χ0v) is 10.3. The molecule has 0 aromatic heterocycles. The third-order valence-electron chi connectivity index (χ3n) is 3.17. The first-order chi connectivity index (χ1) is 8.69. The van der Waals surface area contributed by atoms with Crippen LogP contribution in [-0.2, 0) is 6.54 Å². The molecule has 2 rings (SSSR count). The Morgan fingerprint density at radius 1 is 1.17 bits per heavy atom. The van der Waals surface area contributed by atoms with E-state index in [1.54, 1.807) is 0 Å². The maximum Gasteiger partial charge on any atom is 0.119 e. The number of hydrogen-bond acceptors (Lipinski definition) is 5. The van der Waals surface area contributed by atoms with Crippen molar-refractivity contribution < 1.29 is 14.9 Å². The summed E-state index contributed by atoms with van der Waals surface area (Å²) in [6, 6.07) is 7.68. The second kappa shape index (κ2) is 6.15. The van der Waals surface area contributed by atoms with Gasteiger partial charge in [-0.05, 0) is 17.7 Å². The van der Waals surface area contributed by atoms with Crippen LogP contribution >= 0.6 is 0 Å². The molecule has 18 heavy (non-hydrogen) atoms. The highest BCUT2D eigenvalue weighted by Gasteiger charge is 2.28. The number of aliphatic hydroxyl groups is 2. The van der Waals surface area contributed by atoms with E-state index in [2.05, 4.69) is 0 Å². The number of aliphatic hydroxyl groups excluding tert-OH is 2. The van der Waals surface area contributed by atoms with Gasteiger partial charge in [-0.25, -0.2) is 0 Å². The van der Waals surface area contributed by atoms with Crippen molar-refractivity contribution in [2.45, 2.75) is 18.8 Å². The van der Waals surface area contributed by atoms with Crippen molar-refractivity contribution in [3.63, 3.8) is 0 Å². The van der Waals surface area contributed by atoms with Gasteiger partial charge in [0.1, 0.15) is 12.4 Å². The highest BCUT2D eigenvalue weighted by atomic mass is 16.5. The van der Waals surface area contributed by atoms with E-state index in [0.29, 0.717) is 32.8 Å². The summed E-state index contributed by atoms with van der Waals surface area (Å²) in [5.41, 5.74) is 6.59. The average Bonchev–Trinajstić information content (AvgIpc) is 2.69. The van der Waals surface area contributed by atoms with Crippen LogP contribution in [0.15, 0.2) is 24.3 Å². The fourth-order valence-electron chi connectivity index (χ4n) is 2.04. The number of nitrogens with two attached hydrogens (primary N) is 1. The molecule has 0 bridgehead atoms. The van der Waals surface area contributed by atoms with Gasteiger partial charge in [0.15, 0.2) is 0 Å². The van der Waals surface area contributed by atoms with Gasteiger partial charge in [0.05, 0.1) is 12.2 Å². The Hall–Kier alpha value is -1.14. The normalized spacial score (nSPS) is 24.4. The van der Waals surface area contributed by atoms with E-state index in [-0.39, 0.29) is 0 Å². The first kappa shape index (κ1) is 13.3. The number of benzene rings is 1. The van der Waals surface area contributed by atoms with Gasteiger partial charge in [-0.1, -0.05) is 12.1 Å². The summed E-state index contributed by atoms with van der Waals surface area (Å²) in [6.45, 7) is 2.80. The van der Waals surface area contributed by atoms with Crippen LogP contribution in [0, 0.1) is 0 Å². The minimum Gasteiger partial charge on any atom is -0.492 e. The maximum absolute atomic E-state index is 9.40. The lowest BCUT2D eigenvalue weighted by Crippen LogP contribution is -2.27. The molecule has 1 saturated heterocycles. The van der Waals surface area contributed by atoms with E-state index in [4.69, 9.17) is 10.5 Å². The number of hydrogen-bond donors (Lipinski definition) is 3. The first-order valence-corrected chi connectivity index (χ1v) is 6.19. The van der Waals surface area contributed by atoms with Crippen LogP contribution in [0.3, 0.4) is 0 Å². The number of ether oxygens (including phenoxy) is 1. The van der Waals surface area contributed by atoms with E-state index >= 15 is 0 Å². The molecular formula is C13H20N2O3. The summed E-state index contributed by atoms with van der Waals surface area (Å²) < 4.78 is 5.59. The van der Waals surface area contributed by atoms with Crippen molar-refractivity contribution in [3.8, 4) is 5.75 Å². The van der Waals surface area contributed by atoms with Crippen LogP contribution in [0.1, 0.15) is 5.56 Å². The van der Waals surface area contributed by atoms with Crippen molar-refractivity contribution in [2.24, 2.45) is 5.73 Å². The molecule has 1 aliphatic rings. The third-order valence-corrected chi connectivity index (χ3v) is 3.17. The molecule has 0 aliphatic carbocycles. The van der Waals surface area contributed by atoms with Gasteiger partial charge in [0, 0.05) is 26.2 Å². The molecule has 2 unspecified atom stereocenters. The van der Waals surface area contributed by atoms with E-state index in [1.165, 1.54) is 0 Å². The molecule has 2 atom stereocenters. The maximum atomic E-state index is 9.40. The molecule has 0 saturated carbocycles. The zero-order chi connectivity index (χ0) is 13.0. The number of nitrogens with zero attached hydrogens (tertiary/aromatic N) is 1. The topological polar surface area (TPSA) is 79.0 Å². The second-order valence-electron chi connectivity index (χ2n) is 4.59. The van der Waals surface area contributed by atoms with Crippen molar-refractivity contribution >= 4 is 0 Å². The monoisotopic (exact) mass is 252 g/mol. The smallest absolute Gasteiger partial charge is 0.119 e. The van der Waals surface area contributed by atoms with E-state index in [1.807, 2.05) is 29.2 Å². The average molecular weight is 252 g/mol. The Kier molecular flexibility index (Phi) is 4.54. The first-order valence-electron chi connectivity index (χ1n) is 6.19. The summed E-state index contributed by atoms with van der Waals surface area (Å²) >= 11 is 0. The Morgan fingerprint density at radius 3 is 2.33 bits per heavy atom. The Labute approximate surface area is 107 Å². The number of β-amino-alcohol motifs (C(OH)–C–C–N with tert-alkyl or cyclic N) is 2. The Bertz CT molecular complexity index is 359. The van der Waals surface area contributed by atoms with Crippen LogP contribution in [0.25, 0.3) is 0 Å². The second-order valence-corrected chi connectivity index (χ2v) is 4.59. The molecule has 1 heterocycles. The standard InChI is InChI=1S/C13H20N2O3/c14-7-10-1-3-11(4-2-10)18-6-5-15-8-12(16)13(17)9-15/h1-4,12-13,16-17H,5-9,14H2. The van der Waals surface area contributed by atoms with Crippen molar-refractivity contribution in [2.75, 3.05) is 26.2 Å². The molecule has 0 amide bonds. The Balaban J connectivity index is 1.72. The van der Waals surface area contributed by atoms with Crippen LogP contribution in [0.2, 0.25) is 0 Å². The summed E-state index contributed by atoms with van der Waals surface area (Å²) in [4.78, 5) is 1.99. The Morgan fingerprint density at radius 2 is 1.78 bits per heavy atom. The lowest BCUT2D eigenvalue weighted by molar-refractivity contribution is 0.0572. The van der Waals surface area contributed by atoms with Gasteiger partial charge < -0.3 is 20.7 Å². The molecule has 1 fully saturated rings. The van der Waals surface area contributed by atoms with Crippen molar-refractivity contribution in [1.29, 1.82) is 0 Å². The third kappa shape index (κ3) is 3.43. The molecule has 5 nitrogen and oxygen atoms in total. The van der Waals surface area contributed by atoms with Crippen LogP contribution in [0.4, 0.5) is 0 Å². The molecule has 5 heteroatoms. The fraction of sp³-hybridized carbons (Fsp3) is 0.538. The van der Waals surface area contributed by atoms with E-state index in [0.717, 1.165) is 11.3 Å². The predicted octanol–water partition coefficient (Wildman–Crippen LogP) is -0.438. The molecule has 1 aromatic carbocycles. The molecule has 100 valence electrons. The quantitative estimate of drug-likeness (QED) is 0.662. The predicted molar refractivity (Wildman–Crippen MR) is 68.3 cm³/mol. The molecule has 0 spiro atoms. The van der Waals surface area contributed by atoms with E-state index < -0.39 is 12.2 Å².